The third-order valence-electron chi connectivity index (χ3n) is 8.35. The largest absolute Gasteiger partial charge is 0.490 e. The van der Waals surface area contributed by atoms with Gasteiger partial charge in [-0.25, -0.2) is 0 Å². The van der Waals surface area contributed by atoms with Gasteiger partial charge in [0, 0.05) is 44.7 Å². The predicted molar refractivity (Wildman–Crippen MR) is 161 cm³/mol. The summed E-state index contributed by atoms with van der Waals surface area (Å²) in [4.78, 5) is 4.44. The van der Waals surface area contributed by atoms with Crippen molar-refractivity contribution in [1.29, 1.82) is 0 Å². The fraction of sp³-hybridized carbons (Fsp3) is 0.636. The Balaban J connectivity index is 1.40. The van der Waals surface area contributed by atoms with Crippen LogP contribution in [-0.2, 0) is 14.9 Å². The lowest BCUT2D eigenvalue weighted by Gasteiger charge is -2.30. The van der Waals surface area contributed by atoms with Crippen LogP contribution in [-0.4, -0.2) is 111 Å². The molecule has 2 unspecified atom stereocenters. The zero-order valence-corrected chi connectivity index (χ0v) is 25.9. The Morgan fingerprint density at radius 3 is 1.29 bits per heavy atom. The average molecular weight is 571 g/mol. The van der Waals surface area contributed by atoms with Gasteiger partial charge in [0.25, 0.3) is 0 Å². The maximum atomic E-state index is 10.6. The van der Waals surface area contributed by atoms with Crippen LogP contribution in [0.15, 0.2) is 24.3 Å². The molecule has 0 radical (unpaired) electrons. The average Bonchev–Trinajstić information content (AvgIpc) is 2.93. The van der Waals surface area contributed by atoms with E-state index >= 15 is 0 Å². The number of aliphatic hydroxyl groups is 2. The van der Waals surface area contributed by atoms with Gasteiger partial charge in [0.2, 0.25) is 0 Å². The number of morpholine rings is 2. The van der Waals surface area contributed by atoms with Crippen LogP contribution in [0.2, 0.25) is 0 Å². The van der Waals surface area contributed by atoms with E-state index in [1.54, 1.807) is 0 Å². The number of benzene rings is 2. The van der Waals surface area contributed by atoms with E-state index in [0.717, 1.165) is 86.4 Å². The summed E-state index contributed by atoms with van der Waals surface area (Å²) in [6.45, 7) is 20.8. The number of aliphatic hydroxyl groups excluding tert-OH is 2. The number of β-amino-alcohol motifs (C(OH)–C–C–N with tert-alkyl or cyclic N) is 2. The van der Waals surface area contributed by atoms with E-state index in [9.17, 15) is 10.2 Å². The van der Waals surface area contributed by atoms with Crippen molar-refractivity contribution in [3.8, 4) is 11.5 Å². The summed E-state index contributed by atoms with van der Waals surface area (Å²) in [6.07, 6.45) is -1.09. The zero-order chi connectivity index (χ0) is 29.6. The molecule has 8 nitrogen and oxygen atoms in total. The highest BCUT2D eigenvalue weighted by atomic mass is 16.5. The Bertz CT molecular complexity index is 1010. The first-order chi connectivity index (χ1) is 19.5. The van der Waals surface area contributed by atoms with Crippen LogP contribution in [0.5, 0.6) is 11.5 Å². The molecule has 0 aromatic heterocycles. The minimum atomic E-state index is -0.546. The zero-order valence-electron chi connectivity index (χ0n) is 25.9. The topological polar surface area (TPSA) is 83.9 Å². The molecule has 2 aromatic carbocycles. The van der Waals surface area contributed by atoms with Gasteiger partial charge >= 0.3 is 0 Å². The molecular formula is C33H50N2O6. The lowest BCUT2D eigenvalue weighted by molar-refractivity contribution is 0.00440. The fourth-order valence-corrected chi connectivity index (χ4v) is 5.87. The summed E-state index contributed by atoms with van der Waals surface area (Å²) in [5.41, 5.74) is 6.43. The quantitative estimate of drug-likeness (QED) is 0.402. The first-order valence-electron chi connectivity index (χ1n) is 15.0. The lowest BCUT2D eigenvalue weighted by atomic mass is 9.76. The summed E-state index contributed by atoms with van der Waals surface area (Å²) in [5.74, 6) is 1.69. The van der Waals surface area contributed by atoms with Crippen molar-refractivity contribution in [3.63, 3.8) is 0 Å². The van der Waals surface area contributed by atoms with Crippen molar-refractivity contribution in [2.45, 2.75) is 59.2 Å². The summed E-state index contributed by atoms with van der Waals surface area (Å²) >= 11 is 0. The van der Waals surface area contributed by atoms with E-state index in [1.165, 1.54) is 11.1 Å². The number of hydrogen-bond acceptors (Lipinski definition) is 8. The molecule has 0 aliphatic carbocycles. The molecule has 0 bridgehead atoms. The van der Waals surface area contributed by atoms with Gasteiger partial charge in [0.1, 0.15) is 36.9 Å². The molecule has 228 valence electrons. The van der Waals surface area contributed by atoms with Crippen molar-refractivity contribution < 1.29 is 29.2 Å². The van der Waals surface area contributed by atoms with Crippen LogP contribution in [0.25, 0.3) is 0 Å². The highest BCUT2D eigenvalue weighted by Gasteiger charge is 2.27. The van der Waals surface area contributed by atoms with E-state index in [4.69, 9.17) is 18.9 Å². The van der Waals surface area contributed by atoms with Crippen LogP contribution in [0.1, 0.15) is 47.2 Å². The minimum absolute atomic E-state index is 0.242. The molecular weight excluding hydrogens is 520 g/mol. The summed E-state index contributed by atoms with van der Waals surface area (Å²) in [7, 11) is 0. The van der Waals surface area contributed by atoms with Gasteiger partial charge in [0.15, 0.2) is 0 Å². The Hall–Kier alpha value is -2.20. The molecule has 41 heavy (non-hydrogen) atoms. The molecule has 2 atom stereocenters. The molecule has 0 saturated carbocycles. The molecule has 2 aliphatic heterocycles. The van der Waals surface area contributed by atoms with Gasteiger partial charge < -0.3 is 29.2 Å². The van der Waals surface area contributed by atoms with Gasteiger partial charge in [0.05, 0.1) is 26.4 Å². The molecule has 2 N–H and O–H groups in total. The smallest absolute Gasteiger partial charge is 0.125 e. The number of hydrogen-bond donors (Lipinski definition) is 2. The second-order valence-electron chi connectivity index (χ2n) is 12.3. The summed E-state index contributed by atoms with van der Waals surface area (Å²) < 4.78 is 23.1. The predicted octanol–water partition coefficient (Wildman–Crippen LogP) is 3.39. The first-order valence-corrected chi connectivity index (χ1v) is 15.0. The number of aryl methyl sites for hydroxylation is 4. The SMILES string of the molecule is Cc1cc(C(C)(C)c2cc(C)c(OCC(O)CN3CCOCC3)c(C)c2)cc(C)c1OCC(O)CN1CCOCC1. The van der Waals surface area contributed by atoms with Crippen molar-refractivity contribution >= 4 is 0 Å². The van der Waals surface area contributed by atoms with Crippen LogP contribution in [0, 0.1) is 27.7 Å². The van der Waals surface area contributed by atoms with Gasteiger partial charge in [-0.3, -0.25) is 9.80 Å². The van der Waals surface area contributed by atoms with Crippen molar-refractivity contribution in [1.82, 2.24) is 9.80 Å². The van der Waals surface area contributed by atoms with Crippen LogP contribution in [0.4, 0.5) is 0 Å². The Kier molecular flexibility index (Phi) is 11.1. The Morgan fingerprint density at radius 1 is 0.659 bits per heavy atom. The van der Waals surface area contributed by atoms with E-state index in [0.29, 0.717) is 13.1 Å². The van der Waals surface area contributed by atoms with Crippen LogP contribution in [0.3, 0.4) is 0 Å². The molecule has 8 heteroatoms. The highest BCUT2D eigenvalue weighted by Crippen LogP contribution is 2.38. The normalized spacial score (nSPS) is 18.7. The molecule has 2 aliphatic rings. The maximum Gasteiger partial charge on any atom is 0.125 e. The molecule has 0 spiro atoms. The van der Waals surface area contributed by atoms with Crippen molar-refractivity contribution in [2.24, 2.45) is 0 Å². The highest BCUT2D eigenvalue weighted by molar-refractivity contribution is 5.52. The van der Waals surface area contributed by atoms with Gasteiger partial charge in [-0.2, -0.15) is 0 Å². The van der Waals surface area contributed by atoms with E-state index in [1.807, 2.05) is 0 Å². The third kappa shape index (κ3) is 8.43. The molecule has 2 saturated heterocycles. The Labute approximate surface area is 246 Å². The standard InChI is InChI=1S/C33H50N2O6/c1-23-15-27(16-24(2)31(23)40-21-29(36)19-34-7-11-38-12-8-34)33(5,6)28-17-25(3)32(26(4)18-28)41-22-30(37)20-35-9-13-39-14-10-35/h15-18,29-30,36-37H,7-14,19-22H2,1-6H3. The monoisotopic (exact) mass is 570 g/mol. The number of rotatable bonds is 12. The molecule has 2 aromatic rings. The maximum absolute atomic E-state index is 10.6. The van der Waals surface area contributed by atoms with Crippen molar-refractivity contribution in [3.05, 3.63) is 57.6 Å². The molecule has 0 amide bonds. The lowest BCUT2D eigenvalue weighted by Crippen LogP contribution is -2.42. The van der Waals surface area contributed by atoms with Crippen LogP contribution < -0.4 is 9.47 Å². The van der Waals surface area contributed by atoms with E-state index in [-0.39, 0.29) is 18.6 Å². The second-order valence-corrected chi connectivity index (χ2v) is 12.3. The fourth-order valence-electron chi connectivity index (χ4n) is 5.87. The van der Waals surface area contributed by atoms with Crippen LogP contribution >= 0.6 is 0 Å². The Morgan fingerprint density at radius 2 is 0.976 bits per heavy atom. The third-order valence-corrected chi connectivity index (χ3v) is 8.35. The number of nitrogens with zero attached hydrogens (tertiary/aromatic N) is 2. The number of ether oxygens (including phenoxy) is 4. The summed E-state index contributed by atoms with van der Waals surface area (Å²) in [5, 5.41) is 21.1. The first kappa shape index (κ1) is 31.7. The minimum Gasteiger partial charge on any atom is -0.490 e. The molecule has 2 heterocycles. The van der Waals surface area contributed by atoms with Gasteiger partial charge in [-0.05, 0) is 61.1 Å². The van der Waals surface area contributed by atoms with E-state index in [2.05, 4.69) is 75.6 Å². The van der Waals surface area contributed by atoms with Crippen molar-refractivity contribution in [2.75, 3.05) is 78.9 Å². The molecule has 2 fully saturated rings. The van der Waals surface area contributed by atoms with Gasteiger partial charge in [-0.15, -0.1) is 0 Å². The van der Waals surface area contributed by atoms with E-state index < -0.39 is 12.2 Å². The summed E-state index contributed by atoms with van der Waals surface area (Å²) in [6, 6.07) is 8.81. The molecule has 4 rings (SSSR count). The van der Waals surface area contributed by atoms with Gasteiger partial charge in [-0.1, -0.05) is 38.1 Å². The second kappa shape index (κ2) is 14.3.